The first-order chi connectivity index (χ1) is 9.93. The molecule has 0 aromatic rings. The average Bonchev–Trinajstić information content (AvgIpc) is 2.88. The SMILES string of the molecule is CC1(C)OC2C(=O)C=C(COP(#P)P=PP=PP=P)C2O1. The zero-order valence-corrected chi connectivity index (χ0v) is 18.5. The van der Waals surface area contributed by atoms with E-state index < -0.39 is 18.8 Å². The van der Waals surface area contributed by atoms with Crippen LogP contribution in [-0.4, -0.2) is 30.4 Å². The summed E-state index contributed by atoms with van der Waals surface area (Å²) >= 11 is 0. The van der Waals surface area contributed by atoms with Gasteiger partial charge in [0.05, 0.1) is 0 Å². The van der Waals surface area contributed by atoms with E-state index in [-0.39, 0.29) is 11.9 Å². The Balaban J connectivity index is 1.90. The van der Waals surface area contributed by atoms with Gasteiger partial charge in [0.1, 0.15) is 0 Å². The third kappa shape index (κ3) is 5.69. The van der Waals surface area contributed by atoms with E-state index in [2.05, 4.69) is 16.9 Å². The molecule has 3 unspecified atom stereocenters. The maximum atomic E-state index is 11.9. The summed E-state index contributed by atoms with van der Waals surface area (Å²) in [5.74, 6) is -0.739. The average molecular weight is 432 g/mol. The molecular formula is C9H12O4P8. The van der Waals surface area contributed by atoms with Crippen LogP contribution in [0.2, 0.25) is 0 Å². The standard InChI is InChI=1S/C9H12O4P8/c1-9(2)12-7-5(3-6(10)8(7)13-9)4-11-21(15)20-19-18-17-16-14/h3,7-8,14H,4H2,1-2H3. The van der Waals surface area contributed by atoms with Crippen LogP contribution in [0.5, 0.6) is 0 Å². The molecule has 2 rings (SSSR count). The Labute approximate surface area is 136 Å². The van der Waals surface area contributed by atoms with Crippen molar-refractivity contribution in [3.8, 4) is 0 Å². The van der Waals surface area contributed by atoms with Gasteiger partial charge in [0.25, 0.3) is 0 Å². The maximum absolute atomic E-state index is 11.9. The van der Waals surface area contributed by atoms with Crippen molar-refractivity contribution in [2.24, 2.45) is 0 Å². The molecule has 2 aliphatic rings. The topological polar surface area (TPSA) is 44.8 Å². The van der Waals surface area contributed by atoms with Gasteiger partial charge in [0, 0.05) is 0 Å². The van der Waals surface area contributed by atoms with Crippen LogP contribution < -0.4 is 0 Å². The van der Waals surface area contributed by atoms with Gasteiger partial charge in [-0.2, -0.15) is 0 Å². The summed E-state index contributed by atoms with van der Waals surface area (Å²) in [6, 6.07) is 0. The van der Waals surface area contributed by atoms with Gasteiger partial charge in [-0.15, -0.1) is 0 Å². The molecule has 1 heterocycles. The van der Waals surface area contributed by atoms with Crippen LogP contribution >= 0.6 is 61.6 Å². The molecule has 0 amide bonds. The predicted octanol–water partition coefficient (Wildman–Crippen LogP) is 7.12. The van der Waals surface area contributed by atoms with Crippen molar-refractivity contribution in [2.75, 3.05) is 6.61 Å². The third-order valence-electron chi connectivity index (χ3n) is 2.66. The Morgan fingerprint density at radius 1 is 1.38 bits per heavy atom. The molecule has 0 aromatic carbocycles. The number of ketones is 1. The van der Waals surface area contributed by atoms with Gasteiger partial charge in [0.15, 0.2) is 0 Å². The van der Waals surface area contributed by atoms with E-state index in [0.29, 0.717) is 6.61 Å². The van der Waals surface area contributed by atoms with Gasteiger partial charge in [0.2, 0.25) is 0 Å². The number of carbonyl (C=O) groups excluding carboxylic acids is 1. The quantitative estimate of drug-likeness (QED) is 0.444. The number of ether oxygens (including phenoxy) is 2. The van der Waals surface area contributed by atoms with Gasteiger partial charge in [-0.25, -0.2) is 0 Å². The van der Waals surface area contributed by atoms with Crippen molar-refractivity contribution in [1.82, 2.24) is 0 Å². The monoisotopic (exact) mass is 432 g/mol. The fourth-order valence-electron chi connectivity index (χ4n) is 1.96. The van der Waals surface area contributed by atoms with Gasteiger partial charge < -0.3 is 0 Å². The van der Waals surface area contributed by atoms with Crippen molar-refractivity contribution >= 4 is 67.4 Å². The normalized spacial score (nSPS) is 28.5. The van der Waals surface area contributed by atoms with Crippen molar-refractivity contribution in [3.05, 3.63) is 11.6 Å². The Kier molecular flexibility index (Phi) is 8.01. The van der Waals surface area contributed by atoms with Crippen LogP contribution in [0.3, 0.4) is 0 Å². The van der Waals surface area contributed by atoms with Crippen LogP contribution in [0, 0.1) is 0 Å². The Morgan fingerprint density at radius 3 is 2.81 bits per heavy atom. The first kappa shape index (κ1) is 19.1. The molecule has 1 aliphatic carbocycles. The zero-order valence-electron chi connectivity index (χ0n) is 11.2. The third-order valence-corrected chi connectivity index (χ3v) is 21.0. The molecule has 12 heteroatoms. The van der Waals surface area contributed by atoms with E-state index in [1.54, 1.807) is 6.08 Å². The summed E-state index contributed by atoms with van der Waals surface area (Å²) in [5.41, 5.74) is 0.860. The minimum atomic E-state index is -0.794. The fourth-order valence-corrected chi connectivity index (χ4v) is 22.4. The van der Waals surface area contributed by atoms with Crippen molar-refractivity contribution in [2.45, 2.75) is 31.8 Å². The van der Waals surface area contributed by atoms with E-state index >= 15 is 0 Å². The second-order valence-corrected chi connectivity index (χ2v) is 20.4. The molecular weight excluding hydrogens is 420 g/mol. The van der Waals surface area contributed by atoms with Crippen LogP contribution in [-0.2, 0) is 18.8 Å². The Morgan fingerprint density at radius 2 is 2.10 bits per heavy atom. The van der Waals surface area contributed by atoms with Gasteiger partial charge in [-0.05, 0) is 0 Å². The molecule has 21 heavy (non-hydrogen) atoms. The molecule has 0 saturated carbocycles. The van der Waals surface area contributed by atoms with E-state index in [9.17, 15) is 4.79 Å². The number of hydrogen-bond donors (Lipinski definition) is 0. The molecule has 0 radical (unpaired) electrons. The summed E-state index contributed by atoms with van der Waals surface area (Å²) in [4.78, 5) is 11.9. The fraction of sp³-hybridized carbons (Fsp3) is 0.667. The Bertz CT molecular complexity index is 601. The number of rotatable bonds is 4. The van der Waals surface area contributed by atoms with Crippen LogP contribution in [0.1, 0.15) is 13.8 Å². The molecule has 1 aliphatic heterocycles. The molecule has 1 saturated heterocycles. The molecule has 4 nitrogen and oxygen atoms in total. The van der Waals surface area contributed by atoms with E-state index in [1.807, 2.05) is 13.8 Å². The molecule has 0 spiro atoms. The summed E-state index contributed by atoms with van der Waals surface area (Å²) < 4.78 is 17.2. The minimum absolute atomic E-state index is 0.0308. The van der Waals surface area contributed by atoms with Crippen LogP contribution in [0.25, 0.3) is 0 Å². The van der Waals surface area contributed by atoms with Gasteiger partial charge in [-0.3, -0.25) is 0 Å². The summed E-state index contributed by atoms with van der Waals surface area (Å²) in [5, 5.41) is 0. The van der Waals surface area contributed by atoms with E-state index in [1.165, 1.54) is 37.8 Å². The Hall–Kier alpha value is 1.82. The summed E-state index contributed by atoms with van der Waals surface area (Å²) in [6.07, 6.45) is 0.786. The van der Waals surface area contributed by atoms with Gasteiger partial charge in [-0.1, -0.05) is 0 Å². The number of fused-ring (bicyclic) bond motifs is 1. The molecule has 0 N–H and O–H groups in total. The van der Waals surface area contributed by atoms with E-state index in [0.717, 1.165) is 5.57 Å². The molecule has 112 valence electrons. The van der Waals surface area contributed by atoms with Crippen molar-refractivity contribution < 1.29 is 18.8 Å². The molecule has 3 atom stereocenters. The summed E-state index contributed by atoms with van der Waals surface area (Å²) in [6.45, 7) is 3.23. The van der Waals surface area contributed by atoms with Gasteiger partial charge >= 0.3 is 136 Å². The van der Waals surface area contributed by atoms with Crippen molar-refractivity contribution in [3.63, 3.8) is 0 Å². The first-order valence-corrected chi connectivity index (χ1v) is 17.6. The van der Waals surface area contributed by atoms with Crippen molar-refractivity contribution in [1.29, 1.82) is 0 Å². The molecule has 0 aromatic heterocycles. The number of hydrogen-bond acceptors (Lipinski definition) is 4. The second kappa shape index (κ2) is 8.78. The number of carbonyl (C=O) groups is 1. The van der Waals surface area contributed by atoms with E-state index in [4.69, 9.17) is 14.0 Å². The molecule has 0 bridgehead atoms. The second-order valence-electron chi connectivity index (χ2n) is 4.58. The van der Waals surface area contributed by atoms with Crippen LogP contribution in [0.15, 0.2) is 11.6 Å². The summed E-state index contributed by atoms with van der Waals surface area (Å²) in [7, 11) is 14.2. The predicted molar refractivity (Wildman–Crippen MR) is 99.6 cm³/mol. The molecule has 1 fully saturated rings. The zero-order chi connectivity index (χ0) is 15.5. The first-order valence-electron chi connectivity index (χ1n) is 5.82. The van der Waals surface area contributed by atoms with Crippen LogP contribution in [0.4, 0.5) is 0 Å².